The summed E-state index contributed by atoms with van der Waals surface area (Å²) in [5.74, 6) is -1.11. The van der Waals surface area contributed by atoms with Crippen molar-refractivity contribution in [2.24, 2.45) is 5.10 Å². The summed E-state index contributed by atoms with van der Waals surface area (Å²) in [5.41, 5.74) is 5.25. The lowest BCUT2D eigenvalue weighted by atomic mass is 10.1. The molecule has 0 saturated heterocycles. The molecule has 0 fully saturated rings. The highest BCUT2D eigenvalue weighted by Gasteiger charge is 2.10. The van der Waals surface area contributed by atoms with Gasteiger partial charge in [-0.2, -0.15) is 5.10 Å². The second kappa shape index (κ2) is 6.79. The maximum absolute atomic E-state index is 13.5. The van der Waals surface area contributed by atoms with Gasteiger partial charge in [0, 0.05) is 0 Å². The van der Waals surface area contributed by atoms with E-state index in [0.717, 1.165) is 16.8 Å². The van der Waals surface area contributed by atoms with Crippen LogP contribution in [0.2, 0.25) is 0 Å². The normalized spacial score (nSPS) is 11.3. The quantitative estimate of drug-likeness (QED) is 0.675. The number of carbonyl (C=O) groups is 1. The Hall–Kier alpha value is -2.49. The van der Waals surface area contributed by atoms with Crippen molar-refractivity contribution in [1.29, 1.82) is 0 Å². The Bertz CT molecular complexity index is 663. The summed E-state index contributed by atoms with van der Waals surface area (Å²) in [6.45, 7) is 3.96. The first-order chi connectivity index (χ1) is 10.1. The van der Waals surface area contributed by atoms with Crippen molar-refractivity contribution in [3.63, 3.8) is 0 Å². The minimum Gasteiger partial charge on any atom is -0.267 e. The van der Waals surface area contributed by atoms with Gasteiger partial charge in [-0.1, -0.05) is 48.9 Å². The molecule has 4 heteroatoms. The van der Waals surface area contributed by atoms with Crippen LogP contribution in [0.15, 0.2) is 53.6 Å². The fourth-order valence-electron chi connectivity index (χ4n) is 1.92. The Morgan fingerprint density at radius 2 is 1.81 bits per heavy atom. The first-order valence-electron chi connectivity index (χ1n) is 6.80. The van der Waals surface area contributed by atoms with Crippen molar-refractivity contribution in [1.82, 2.24) is 5.43 Å². The topological polar surface area (TPSA) is 41.5 Å². The summed E-state index contributed by atoms with van der Waals surface area (Å²) in [6.07, 6.45) is 0.667. The van der Waals surface area contributed by atoms with Crippen molar-refractivity contribution in [2.45, 2.75) is 20.3 Å². The van der Waals surface area contributed by atoms with E-state index in [4.69, 9.17) is 0 Å². The van der Waals surface area contributed by atoms with Crippen molar-refractivity contribution >= 4 is 11.6 Å². The van der Waals surface area contributed by atoms with Gasteiger partial charge >= 0.3 is 0 Å². The third-order valence-corrected chi connectivity index (χ3v) is 3.13. The number of hydrogen-bond donors (Lipinski definition) is 1. The zero-order valence-electron chi connectivity index (χ0n) is 12.1. The lowest BCUT2D eigenvalue weighted by Gasteiger charge is -2.06. The van der Waals surface area contributed by atoms with Gasteiger partial charge in [-0.15, -0.1) is 0 Å². The highest BCUT2D eigenvalue weighted by atomic mass is 19.1. The molecule has 1 N–H and O–H groups in total. The fourth-order valence-corrected chi connectivity index (χ4v) is 1.92. The van der Waals surface area contributed by atoms with Crippen molar-refractivity contribution in [2.75, 3.05) is 0 Å². The van der Waals surface area contributed by atoms with Gasteiger partial charge in [0.1, 0.15) is 5.82 Å². The van der Waals surface area contributed by atoms with E-state index >= 15 is 0 Å². The molecule has 0 unspecified atom stereocenters. The smallest absolute Gasteiger partial charge is 0.267 e. The van der Waals surface area contributed by atoms with E-state index in [1.165, 1.54) is 12.1 Å². The molecule has 0 heterocycles. The number of nitrogens with zero attached hydrogens (tertiary/aromatic N) is 1. The lowest BCUT2D eigenvalue weighted by Crippen LogP contribution is -2.21. The van der Waals surface area contributed by atoms with E-state index in [-0.39, 0.29) is 5.56 Å². The molecule has 0 bridgehead atoms. The van der Waals surface area contributed by atoms with E-state index in [0.29, 0.717) is 6.42 Å². The van der Waals surface area contributed by atoms with Crippen LogP contribution in [0.4, 0.5) is 4.39 Å². The Morgan fingerprint density at radius 3 is 2.43 bits per heavy atom. The summed E-state index contributed by atoms with van der Waals surface area (Å²) in [4.78, 5) is 11.9. The van der Waals surface area contributed by atoms with E-state index in [2.05, 4.69) is 10.5 Å². The van der Waals surface area contributed by atoms with E-state index < -0.39 is 11.7 Å². The highest BCUT2D eigenvalue weighted by Crippen LogP contribution is 2.08. The molecule has 0 radical (unpaired) electrons. The molecule has 2 aromatic rings. The molecule has 21 heavy (non-hydrogen) atoms. The van der Waals surface area contributed by atoms with Gasteiger partial charge in [-0.3, -0.25) is 4.79 Å². The first kappa shape index (κ1) is 14.9. The SMILES string of the molecule is CCC(=NNC(=O)c1ccccc1F)c1ccc(C)cc1. The van der Waals surface area contributed by atoms with Gasteiger partial charge in [0.15, 0.2) is 0 Å². The zero-order chi connectivity index (χ0) is 15.2. The van der Waals surface area contributed by atoms with Crippen molar-refractivity contribution in [3.05, 3.63) is 71.0 Å². The average molecular weight is 284 g/mol. The van der Waals surface area contributed by atoms with Crippen LogP contribution in [0, 0.1) is 12.7 Å². The number of rotatable bonds is 4. The number of amides is 1. The van der Waals surface area contributed by atoms with Gasteiger partial charge in [-0.25, -0.2) is 9.82 Å². The molecule has 0 aromatic heterocycles. The summed E-state index contributed by atoms with van der Waals surface area (Å²) in [5, 5.41) is 4.11. The molecular formula is C17H17FN2O. The maximum Gasteiger partial charge on any atom is 0.274 e. The molecule has 0 aliphatic carbocycles. The Balaban J connectivity index is 2.16. The minimum atomic E-state index is -0.557. The molecule has 0 aliphatic heterocycles. The molecule has 0 saturated carbocycles. The second-order valence-electron chi connectivity index (χ2n) is 4.70. The average Bonchev–Trinajstić information content (AvgIpc) is 2.49. The van der Waals surface area contributed by atoms with Crippen LogP contribution in [-0.4, -0.2) is 11.6 Å². The maximum atomic E-state index is 13.5. The van der Waals surface area contributed by atoms with Gasteiger partial charge in [0.05, 0.1) is 11.3 Å². The third kappa shape index (κ3) is 3.75. The number of nitrogens with one attached hydrogen (secondary N) is 1. The Kier molecular flexibility index (Phi) is 4.82. The number of benzene rings is 2. The Morgan fingerprint density at radius 1 is 1.14 bits per heavy atom. The fraction of sp³-hybridized carbons (Fsp3) is 0.176. The van der Waals surface area contributed by atoms with Crippen LogP contribution in [0.3, 0.4) is 0 Å². The summed E-state index contributed by atoms with van der Waals surface area (Å²) in [6, 6.07) is 13.7. The molecule has 2 rings (SSSR count). The van der Waals surface area contributed by atoms with Crippen LogP contribution in [-0.2, 0) is 0 Å². The number of halogens is 1. The van der Waals surface area contributed by atoms with Crippen LogP contribution in [0.25, 0.3) is 0 Å². The molecule has 1 amide bonds. The van der Waals surface area contributed by atoms with Gasteiger partial charge in [0.2, 0.25) is 0 Å². The molecular weight excluding hydrogens is 267 g/mol. The number of aryl methyl sites for hydroxylation is 1. The molecule has 3 nitrogen and oxygen atoms in total. The lowest BCUT2D eigenvalue weighted by molar-refractivity contribution is 0.0951. The molecule has 2 aromatic carbocycles. The van der Waals surface area contributed by atoms with Crippen molar-refractivity contribution < 1.29 is 9.18 Å². The molecule has 0 atom stereocenters. The molecule has 0 spiro atoms. The summed E-state index contributed by atoms with van der Waals surface area (Å²) >= 11 is 0. The first-order valence-corrected chi connectivity index (χ1v) is 6.80. The molecule has 108 valence electrons. The van der Waals surface area contributed by atoms with Crippen LogP contribution >= 0.6 is 0 Å². The van der Waals surface area contributed by atoms with E-state index in [9.17, 15) is 9.18 Å². The van der Waals surface area contributed by atoms with Crippen LogP contribution in [0.1, 0.15) is 34.8 Å². The number of carbonyl (C=O) groups excluding carboxylic acids is 1. The predicted molar refractivity (Wildman–Crippen MR) is 81.9 cm³/mol. The van der Waals surface area contributed by atoms with E-state index in [1.807, 2.05) is 38.1 Å². The van der Waals surface area contributed by atoms with Gasteiger partial charge < -0.3 is 0 Å². The summed E-state index contributed by atoms with van der Waals surface area (Å²) < 4.78 is 13.5. The number of hydrogen-bond acceptors (Lipinski definition) is 2. The van der Waals surface area contributed by atoms with Crippen LogP contribution < -0.4 is 5.43 Å². The zero-order valence-corrected chi connectivity index (χ0v) is 12.1. The second-order valence-corrected chi connectivity index (χ2v) is 4.70. The molecule has 0 aliphatic rings. The van der Waals surface area contributed by atoms with Crippen molar-refractivity contribution in [3.8, 4) is 0 Å². The standard InChI is InChI=1S/C17H17FN2O/c1-3-16(13-10-8-12(2)9-11-13)19-20-17(21)14-6-4-5-7-15(14)18/h4-11H,3H2,1-2H3,(H,20,21). The number of hydrazone groups is 1. The summed E-state index contributed by atoms with van der Waals surface area (Å²) in [7, 11) is 0. The highest BCUT2D eigenvalue weighted by molar-refractivity contribution is 6.02. The monoisotopic (exact) mass is 284 g/mol. The van der Waals surface area contributed by atoms with Gasteiger partial charge in [-0.05, 0) is 31.0 Å². The van der Waals surface area contributed by atoms with E-state index in [1.54, 1.807) is 12.1 Å². The largest absolute Gasteiger partial charge is 0.274 e. The third-order valence-electron chi connectivity index (χ3n) is 3.13. The predicted octanol–water partition coefficient (Wildman–Crippen LogP) is 3.68. The van der Waals surface area contributed by atoms with Gasteiger partial charge in [0.25, 0.3) is 5.91 Å². The minimum absolute atomic E-state index is 0.0133. The Labute approximate surface area is 123 Å². The van der Waals surface area contributed by atoms with Crippen LogP contribution in [0.5, 0.6) is 0 Å².